The number of hydrogen-bond donors (Lipinski definition) is 2. The number of aliphatic hydroxyl groups is 1. The van der Waals surface area contributed by atoms with Gasteiger partial charge in [0.2, 0.25) is 0 Å². The molecule has 3 N–H and O–H groups in total. The number of aliphatic hydroxyl groups excluding tert-OH is 1. The van der Waals surface area contributed by atoms with Crippen LogP contribution in [0, 0.1) is 0 Å². The molecule has 1 heterocycles. The number of rotatable bonds is 3. The van der Waals surface area contributed by atoms with E-state index in [0.29, 0.717) is 24.7 Å². The van der Waals surface area contributed by atoms with Crippen molar-refractivity contribution in [3.05, 3.63) is 0 Å². The molecule has 18 heavy (non-hydrogen) atoms. The molecule has 0 aromatic rings. The number of hydrogen-bond acceptors (Lipinski definition) is 4. The van der Waals surface area contributed by atoms with Crippen LogP contribution in [-0.4, -0.2) is 54.5 Å². The molecule has 1 aliphatic carbocycles. The number of nitrogens with two attached hydrogens (primary N) is 1. The minimum atomic E-state index is -0.166. The van der Waals surface area contributed by atoms with Crippen molar-refractivity contribution in [3.63, 3.8) is 0 Å². The van der Waals surface area contributed by atoms with E-state index in [0.717, 1.165) is 32.2 Å². The van der Waals surface area contributed by atoms with E-state index in [9.17, 15) is 5.11 Å². The molecule has 0 spiro atoms. The van der Waals surface area contributed by atoms with Gasteiger partial charge in [-0.05, 0) is 25.7 Å². The summed E-state index contributed by atoms with van der Waals surface area (Å²) in [5.41, 5.74) is 5.92. The Morgan fingerprint density at radius 3 is 2.72 bits per heavy atom. The Hall–Kier alpha value is -0.160. The monoisotopic (exact) mass is 256 g/mol. The van der Waals surface area contributed by atoms with E-state index in [1.54, 1.807) is 7.11 Å². The minimum Gasteiger partial charge on any atom is -0.391 e. The second-order valence-corrected chi connectivity index (χ2v) is 5.78. The van der Waals surface area contributed by atoms with Crippen LogP contribution < -0.4 is 5.73 Å². The average Bonchev–Trinajstić information content (AvgIpc) is 2.62. The Morgan fingerprint density at radius 1 is 1.22 bits per heavy atom. The lowest BCUT2D eigenvalue weighted by Gasteiger charge is -2.44. The fraction of sp³-hybridized carbons (Fsp3) is 1.00. The third-order valence-corrected chi connectivity index (χ3v) is 4.69. The summed E-state index contributed by atoms with van der Waals surface area (Å²) in [6.07, 6.45) is 7.99. The van der Waals surface area contributed by atoms with Crippen molar-refractivity contribution in [2.24, 2.45) is 5.73 Å². The predicted octanol–water partition coefficient (Wildman–Crippen LogP) is 1.12. The molecule has 0 aromatic carbocycles. The van der Waals surface area contributed by atoms with Gasteiger partial charge < -0.3 is 15.6 Å². The molecule has 1 saturated carbocycles. The first-order chi connectivity index (χ1) is 8.76. The lowest BCUT2D eigenvalue weighted by molar-refractivity contribution is -0.0379. The normalized spacial score (nSPS) is 39.5. The molecular formula is C14H28N2O2. The molecule has 4 unspecified atom stereocenters. The number of ether oxygens (including phenoxy) is 1. The van der Waals surface area contributed by atoms with Crippen LogP contribution in [0.2, 0.25) is 0 Å². The third-order valence-electron chi connectivity index (χ3n) is 4.69. The maximum atomic E-state index is 10.3. The zero-order chi connectivity index (χ0) is 13.0. The third kappa shape index (κ3) is 3.23. The molecule has 0 radical (unpaired) electrons. The number of piperidine rings is 1. The van der Waals surface area contributed by atoms with Crippen LogP contribution >= 0.6 is 0 Å². The van der Waals surface area contributed by atoms with E-state index in [1.165, 1.54) is 19.3 Å². The summed E-state index contributed by atoms with van der Waals surface area (Å²) >= 11 is 0. The zero-order valence-electron chi connectivity index (χ0n) is 11.6. The Balaban J connectivity index is 2.01. The van der Waals surface area contributed by atoms with Gasteiger partial charge in [-0.3, -0.25) is 4.90 Å². The topological polar surface area (TPSA) is 58.7 Å². The Labute approximate surface area is 110 Å². The first-order valence-electron chi connectivity index (χ1n) is 7.43. The number of nitrogens with zero attached hydrogens (tertiary/aromatic N) is 1. The van der Waals surface area contributed by atoms with Crippen molar-refractivity contribution in [2.45, 2.75) is 69.2 Å². The summed E-state index contributed by atoms with van der Waals surface area (Å²) in [4.78, 5) is 2.46. The Bertz CT molecular complexity index is 250. The molecule has 2 fully saturated rings. The molecule has 4 heteroatoms. The summed E-state index contributed by atoms with van der Waals surface area (Å²) in [6, 6.07) is 0.695. The summed E-state index contributed by atoms with van der Waals surface area (Å²) in [5.74, 6) is 0. The van der Waals surface area contributed by atoms with Crippen LogP contribution in [0.1, 0.15) is 44.9 Å². The van der Waals surface area contributed by atoms with Crippen LogP contribution in [0.5, 0.6) is 0 Å². The molecule has 106 valence electrons. The van der Waals surface area contributed by atoms with Crippen LogP contribution in [0.4, 0.5) is 0 Å². The fourth-order valence-electron chi connectivity index (χ4n) is 3.57. The quantitative estimate of drug-likeness (QED) is 0.743. The second kappa shape index (κ2) is 6.85. The summed E-state index contributed by atoms with van der Waals surface area (Å²) in [7, 11) is 1.79. The molecule has 2 rings (SSSR count). The van der Waals surface area contributed by atoms with Crippen molar-refractivity contribution in [1.82, 2.24) is 4.90 Å². The standard InChI is InChI=1S/C14H28N2O2/c1-18-12-7-8-16(11(9-12)10-15)13-5-3-2-4-6-14(13)17/h11-14,17H,2-10,15H2,1H3. The van der Waals surface area contributed by atoms with Gasteiger partial charge in [0, 0.05) is 32.3 Å². The van der Waals surface area contributed by atoms with Gasteiger partial charge in [-0.2, -0.15) is 0 Å². The average molecular weight is 256 g/mol. The van der Waals surface area contributed by atoms with Gasteiger partial charge in [-0.1, -0.05) is 19.3 Å². The van der Waals surface area contributed by atoms with Gasteiger partial charge in [0.15, 0.2) is 0 Å². The lowest BCUT2D eigenvalue weighted by Crippen LogP contribution is -2.56. The van der Waals surface area contributed by atoms with Gasteiger partial charge in [0.05, 0.1) is 12.2 Å². The molecule has 4 atom stereocenters. The van der Waals surface area contributed by atoms with E-state index in [1.807, 2.05) is 0 Å². The predicted molar refractivity (Wildman–Crippen MR) is 72.5 cm³/mol. The molecule has 1 aliphatic heterocycles. The first kappa shape index (κ1) is 14.3. The Kier molecular flexibility index (Phi) is 5.42. The van der Waals surface area contributed by atoms with E-state index in [-0.39, 0.29) is 6.10 Å². The van der Waals surface area contributed by atoms with Gasteiger partial charge in [0.1, 0.15) is 0 Å². The molecule has 1 saturated heterocycles. The molecular weight excluding hydrogens is 228 g/mol. The molecule has 2 aliphatic rings. The lowest BCUT2D eigenvalue weighted by atomic mass is 9.93. The molecule has 4 nitrogen and oxygen atoms in total. The number of likely N-dealkylation sites (tertiary alicyclic amines) is 1. The maximum absolute atomic E-state index is 10.3. The fourth-order valence-corrected chi connectivity index (χ4v) is 3.57. The smallest absolute Gasteiger partial charge is 0.0695 e. The highest BCUT2D eigenvalue weighted by Crippen LogP contribution is 2.28. The SMILES string of the molecule is COC1CCN(C2CCCCCC2O)C(CN)C1. The van der Waals surface area contributed by atoms with Crippen molar-refractivity contribution in [1.29, 1.82) is 0 Å². The van der Waals surface area contributed by atoms with E-state index < -0.39 is 0 Å². The van der Waals surface area contributed by atoms with Gasteiger partial charge in [-0.25, -0.2) is 0 Å². The van der Waals surface area contributed by atoms with Crippen LogP contribution in [0.15, 0.2) is 0 Å². The highest BCUT2D eigenvalue weighted by atomic mass is 16.5. The first-order valence-corrected chi connectivity index (χ1v) is 7.43. The minimum absolute atomic E-state index is 0.166. The van der Waals surface area contributed by atoms with Crippen molar-refractivity contribution < 1.29 is 9.84 Å². The Morgan fingerprint density at radius 2 is 2.00 bits per heavy atom. The van der Waals surface area contributed by atoms with Gasteiger partial charge in [0.25, 0.3) is 0 Å². The largest absolute Gasteiger partial charge is 0.391 e. The highest BCUT2D eigenvalue weighted by Gasteiger charge is 2.35. The second-order valence-electron chi connectivity index (χ2n) is 5.78. The molecule has 0 aromatic heterocycles. The van der Waals surface area contributed by atoms with E-state index in [2.05, 4.69) is 4.90 Å². The highest BCUT2D eigenvalue weighted by molar-refractivity contribution is 4.91. The van der Waals surface area contributed by atoms with E-state index >= 15 is 0 Å². The summed E-state index contributed by atoms with van der Waals surface area (Å²) in [6.45, 7) is 1.69. The number of methoxy groups -OCH3 is 1. The van der Waals surface area contributed by atoms with E-state index in [4.69, 9.17) is 10.5 Å². The summed E-state index contributed by atoms with van der Waals surface area (Å²) in [5, 5.41) is 10.3. The van der Waals surface area contributed by atoms with Crippen LogP contribution in [0.3, 0.4) is 0 Å². The van der Waals surface area contributed by atoms with Gasteiger partial charge in [-0.15, -0.1) is 0 Å². The van der Waals surface area contributed by atoms with Gasteiger partial charge >= 0.3 is 0 Å². The van der Waals surface area contributed by atoms with Crippen LogP contribution in [-0.2, 0) is 4.74 Å². The molecule has 0 amide bonds. The molecule has 0 bridgehead atoms. The zero-order valence-corrected chi connectivity index (χ0v) is 11.6. The van der Waals surface area contributed by atoms with Crippen LogP contribution in [0.25, 0.3) is 0 Å². The van der Waals surface area contributed by atoms with Crippen molar-refractivity contribution >= 4 is 0 Å². The maximum Gasteiger partial charge on any atom is 0.0695 e. The van der Waals surface area contributed by atoms with Crippen molar-refractivity contribution in [3.8, 4) is 0 Å². The summed E-state index contributed by atoms with van der Waals surface area (Å²) < 4.78 is 5.47. The van der Waals surface area contributed by atoms with Crippen molar-refractivity contribution in [2.75, 3.05) is 20.2 Å².